The SMILES string of the molecule is O=C(C=Cc1ccccc1)N(CCN1CCOCC1)c1nc2ccc(F)cc2s1. The van der Waals surface area contributed by atoms with Crippen LogP contribution in [-0.4, -0.2) is 55.2 Å². The Morgan fingerprint density at radius 3 is 2.79 bits per heavy atom. The molecule has 29 heavy (non-hydrogen) atoms. The maximum atomic E-state index is 13.6. The third-order valence-corrected chi connectivity index (χ3v) is 5.84. The van der Waals surface area contributed by atoms with Gasteiger partial charge in [0.15, 0.2) is 5.13 Å². The smallest absolute Gasteiger partial charge is 0.252 e. The van der Waals surface area contributed by atoms with Crippen LogP contribution in [-0.2, 0) is 9.53 Å². The van der Waals surface area contributed by atoms with E-state index in [1.807, 2.05) is 30.3 Å². The van der Waals surface area contributed by atoms with Crippen molar-refractivity contribution in [2.45, 2.75) is 0 Å². The van der Waals surface area contributed by atoms with Gasteiger partial charge in [0.25, 0.3) is 5.91 Å². The molecule has 1 fully saturated rings. The molecule has 1 saturated heterocycles. The van der Waals surface area contributed by atoms with Gasteiger partial charge in [0, 0.05) is 32.3 Å². The molecule has 150 valence electrons. The van der Waals surface area contributed by atoms with E-state index in [0.717, 1.165) is 29.9 Å². The summed E-state index contributed by atoms with van der Waals surface area (Å²) < 4.78 is 19.7. The van der Waals surface area contributed by atoms with E-state index in [1.165, 1.54) is 23.5 Å². The van der Waals surface area contributed by atoms with Crippen LogP contribution in [0.2, 0.25) is 0 Å². The van der Waals surface area contributed by atoms with Gasteiger partial charge in [-0.05, 0) is 29.8 Å². The second kappa shape index (κ2) is 9.26. The number of thiazole rings is 1. The molecule has 0 unspecified atom stereocenters. The highest BCUT2D eigenvalue weighted by Crippen LogP contribution is 2.29. The average Bonchev–Trinajstić information content (AvgIpc) is 3.16. The third kappa shape index (κ3) is 5.06. The van der Waals surface area contributed by atoms with Gasteiger partial charge in [-0.3, -0.25) is 14.6 Å². The average molecular weight is 412 g/mol. The van der Waals surface area contributed by atoms with Crippen molar-refractivity contribution < 1.29 is 13.9 Å². The van der Waals surface area contributed by atoms with E-state index in [4.69, 9.17) is 4.74 Å². The Labute approximate surface area is 173 Å². The Kier molecular flexibility index (Phi) is 6.29. The standard InChI is InChI=1S/C22H22FN3O2S/c23-18-7-8-19-20(16-18)29-22(24-19)26(11-10-25-12-14-28-15-13-25)21(27)9-6-17-4-2-1-3-5-17/h1-9,16H,10-15H2. The van der Waals surface area contributed by atoms with Gasteiger partial charge >= 0.3 is 0 Å². The number of rotatable bonds is 6. The molecule has 1 aliphatic heterocycles. The number of nitrogens with zero attached hydrogens (tertiary/aromatic N) is 3. The molecule has 5 nitrogen and oxygen atoms in total. The van der Waals surface area contributed by atoms with E-state index in [9.17, 15) is 9.18 Å². The first kappa shape index (κ1) is 19.7. The van der Waals surface area contributed by atoms with E-state index in [1.54, 1.807) is 23.1 Å². The summed E-state index contributed by atoms with van der Waals surface area (Å²) in [6, 6.07) is 14.2. The van der Waals surface area contributed by atoms with Crippen LogP contribution in [0.4, 0.5) is 9.52 Å². The fraction of sp³-hybridized carbons (Fsp3) is 0.273. The van der Waals surface area contributed by atoms with Crippen molar-refractivity contribution in [3.8, 4) is 0 Å². The van der Waals surface area contributed by atoms with Crippen molar-refractivity contribution in [2.24, 2.45) is 0 Å². The second-order valence-corrected chi connectivity index (χ2v) is 7.81. The zero-order chi connectivity index (χ0) is 20.1. The zero-order valence-electron chi connectivity index (χ0n) is 16.0. The number of ether oxygens (including phenoxy) is 1. The molecule has 0 radical (unpaired) electrons. The molecular weight excluding hydrogens is 389 g/mol. The Morgan fingerprint density at radius 2 is 2.00 bits per heavy atom. The Balaban J connectivity index is 1.56. The highest BCUT2D eigenvalue weighted by molar-refractivity contribution is 7.22. The van der Waals surface area contributed by atoms with Crippen molar-refractivity contribution in [1.82, 2.24) is 9.88 Å². The number of benzene rings is 2. The molecule has 0 aliphatic carbocycles. The van der Waals surface area contributed by atoms with Crippen molar-refractivity contribution in [1.29, 1.82) is 0 Å². The summed E-state index contributed by atoms with van der Waals surface area (Å²) in [6.07, 6.45) is 3.37. The largest absolute Gasteiger partial charge is 0.379 e. The summed E-state index contributed by atoms with van der Waals surface area (Å²) >= 11 is 1.33. The molecule has 2 aromatic carbocycles. The quantitative estimate of drug-likeness (QED) is 0.579. The Morgan fingerprint density at radius 1 is 1.21 bits per heavy atom. The van der Waals surface area contributed by atoms with E-state index >= 15 is 0 Å². The predicted molar refractivity (Wildman–Crippen MR) is 115 cm³/mol. The minimum Gasteiger partial charge on any atom is -0.379 e. The molecule has 0 bridgehead atoms. The third-order valence-electron chi connectivity index (χ3n) is 4.80. The number of morpholine rings is 1. The number of hydrogen-bond donors (Lipinski definition) is 0. The van der Waals surface area contributed by atoms with Crippen LogP contribution in [0.15, 0.2) is 54.6 Å². The maximum Gasteiger partial charge on any atom is 0.252 e. The van der Waals surface area contributed by atoms with Crippen LogP contribution < -0.4 is 4.90 Å². The van der Waals surface area contributed by atoms with E-state index in [-0.39, 0.29) is 11.7 Å². The number of aromatic nitrogens is 1. The van der Waals surface area contributed by atoms with Crippen LogP contribution in [0, 0.1) is 5.82 Å². The molecule has 1 aromatic heterocycles. The van der Waals surface area contributed by atoms with Crippen molar-refractivity contribution in [3.63, 3.8) is 0 Å². The number of halogens is 1. The van der Waals surface area contributed by atoms with Gasteiger partial charge in [0.1, 0.15) is 5.82 Å². The summed E-state index contributed by atoms with van der Waals surface area (Å²) in [5.74, 6) is -0.440. The Hall–Kier alpha value is -2.61. The number of carbonyl (C=O) groups is 1. The van der Waals surface area contributed by atoms with Gasteiger partial charge in [0.2, 0.25) is 0 Å². The number of fused-ring (bicyclic) bond motifs is 1. The van der Waals surface area contributed by atoms with Crippen molar-refractivity contribution >= 4 is 38.7 Å². The lowest BCUT2D eigenvalue weighted by molar-refractivity contribution is -0.114. The molecular formula is C22H22FN3O2S. The highest BCUT2D eigenvalue weighted by atomic mass is 32.1. The van der Waals surface area contributed by atoms with E-state index in [0.29, 0.717) is 30.4 Å². The monoisotopic (exact) mass is 411 g/mol. The predicted octanol–water partition coefficient (Wildman–Crippen LogP) is 3.81. The van der Waals surface area contributed by atoms with Gasteiger partial charge in [0.05, 0.1) is 23.4 Å². The summed E-state index contributed by atoms with van der Waals surface area (Å²) in [6.45, 7) is 4.38. The van der Waals surface area contributed by atoms with Gasteiger partial charge in [-0.25, -0.2) is 9.37 Å². The number of anilines is 1. The van der Waals surface area contributed by atoms with Crippen LogP contribution in [0.3, 0.4) is 0 Å². The van der Waals surface area contributed by atoms with Gasteiger partial charge in [-0.15, -0.1) is 0 Å². The molecule has 4 rings (SSSR count). The van der Waals surface area contributed by atoms with E-state index < -0.39 is 0 Å². The first-order chi connectivity index (χ1) is 14.2. The fourth-order valence-electron chi connectivity index (χ4n) is 3.19. The van der Waals surface area contributed by atoms with Crippen LogP contribution >= 0.6 is 11.3 Å². The summed E-state index contributed by atoms with van der Waals surface area (Å²) in [4.78, 5) is 21.5. The van der Waals surface area contributed by atoms with Crippen molar-refractivity contribution in [3.05, 3.63) is 66.0 Å². The zero-order valence-corrected chi connectivity index (χ0v) is 16.8. The molecule has 7 heteroatoms. The Bertz CT molecular complexity index is 1000. The lowest BCUT2D eigenvalue weighted by atomic mass is 10.2. The maximum absolute atomic E-state index is 13.6. The molecule has 0 saturated carbocycles. The molecule has 0 N–H and O–H groups in total. The molecule has 0 spiro atoms. The van der Waals surface area contributed by atoms with Crippen molar-refractivity contribution in [2.75, 3.05) is 44.3 Å². The topological polar surface area (TPSA) is 45.7 Å². The van der Waals surface area contributed by atoms with Gasteiger partial charge < -0.3 is 4.74 Å². The minimum absolute atomic E-state index is 0.137. The second-order valence-electron chi connectivity index (χ2n) is 6.80. The number of amides is 1. The summed E-state index contributed by atoms with van der Waals surface area (Å²) in [7, 11) is 0. The molecule has 1 aliphatic rings. The van der Waals surface area contributed by atoms with Crippen LogP contribution in [0.5, 0.6) is 0 Å². The van der Waals surface area contributed by atoms with Gasteiger partial charge in [-0.1, -0.05) is 41.7 Å². The lowest BCUT2D eigenvalue weighted by Crippen LogP contribution is -2.42. The normalized spacial score (nSPS) is 15.2. The first-order valence-electron chi connectivity index (χ1n) is 9.60. The van der Waals surface area contributed by atoms with E-state index in [2.05, 4.69) is 9.88 Å². The summed E-state index contributed by atoms with van der Waals surface area (Å²) in [5.41, 5.74) is 1.66. The number of carbonyl (C=O) groups excluding carboxylic acids is 1. The van der Waals surface area contributed by atoms with Gasteiger partial charge in [-0.2, -0.15) is 0 Å². The summed E-state index contributed by atoms with van der Waals surface area (Å²) in [5, 5.41) is 0.585. The molecule has 3 aromatic rings. The number of hydrogen-bond acceptors (Lipinski definition) is 5. The first-order valence-corrected chi connectivity index (χ1v) is 10.4. The highest BCUT2D eigenvalue weighted by Gasteiger charge is 2.20. The van der Waals surface area contributed by atoms with Crippen LogP contribution in [0.25, 0.3) is 16.3 Å². The fourth-order valence-corrected chi connectivity index (χ4v) is 4.21. The lowest BCUT2D eigenvalue weighted by Gasteiger charge is -2.28. The molecule has 0 atom stereocenters. The molecule has 1 amide bonds. The van der Waals surface area contributed by atoms with Crippen LogP contribution in [0.1, 0.15) is 5.56 Å². The molecule has 2 heterocycles. The minimum atomic E-state index is -0.303.